The Morgan fingerprint density at radius 3 is 2.55 bits per heavy atom. The van der Waals surface area contributed by atoms with Crippen LogP contribution in [0.25, 0.3) is 0 Å². The van der Waals surface area contributed by atoms with Crippen LogP contribution in [0.5, 0.6) is 0 Å². The molecule has 0 atom stereocenters. The van der Waals surface area contributed by atoms with E-state index in [1.54, 1.807) is 0 Å². The fourth-order valence-electron chi connectivity index (χ4n) is 1.45. The van der Waals surface area contributed by atoms with Gasteiger partial charge in [-0.15, -0.1) is 0 Å². The largest absolute Gasteiger partial charge is 0.318 e. The zero-order valence-corrected chi connectivity index (χ0v) is 9.86. The van der Waals surface area contributed by atoms with Gasteiger partial charge in [0, 0.05) is 0 Å². The van der Waals surface area contributed by atoms with Crippen molar-refractivity contribution in [3.63, 3.8) is 0 Å². The molecule has 1 aromatic carbocycles. The van der Waals surface area contributed by atoms with Gasteiger partial charge in [-0.3, -0.25) is 9.59 Å². The van der Waals surface area contributed by atoms with E-state index in [1.807, 2.05) is 5.32 Å². The molecule has 0 aliphatic heterocycles. The molecule has 0 bridgehead atoms. The van der Waals surface area contributed by atoms with Gasteiger partial charge in [-0.05, 0) is 24.3 Å². The highest BCUT2D eigenvalue weighted by Gasteiger charge is 2.16. The lowest BCUT2D eigenvalue weighted by Crippen LogP contribution is -2.16. The number of benzene rings is 1. The van der Waals surface area contributed by atoms with Gasteiger partial charge in [0.2, 0.25) is 0 Å². The van der Waals surface area contributed by atoms with Crippen LogP contribution in [0.2, 0.25) is 0 Å². The molecule has 0 saturated heterocycles. The number of anilines is 1. The molecular weight excluding hydrogens is 273 g/mol. The van der Waals surface area contributed by atoms with Crippen LogP contribution in [0, 0.1) is 17.5 Å². The lowest BCUT2D eigenvalue weighted by atomic mass is 10.2. The molecule has 0 unspecified atom stereocenters. The van der Waals surface area contributed by atoms with Crippen molar-refractivity contribution in [2.45, 2.75) is 0 Å². The topological polar surface area (TPSA) is 59.1 Å². The number of amides is 1. The molecule has 4 nitrogen and oxygen atoms in total. The third kappa shape index (κ3) is 2.66. The molecule has 0 saturated carbocycles. The van der Waals surface area contributed by atoms with Crippen LogP contribution in [0.4, 0.5) is 18.9 Å². The number of carbonyl (C=O) groups is 2. The maximum absolute atomic E-state index is 13.4. The Hall–Kier alpha value is -2.70. The minimum absolute atomic E-state index is 0.0170. The number of carbonyl (C=O) groups excluding carboxylic acids is 2. The Labute approximate surface area is 111 Å². The van der Waals surface area contributed by atoms with E-state index in [2.05, 4.69) is 4.98 Å². The standard InChI is InChI=1S/C13H7F3N2O2/c14-8-4-5-9(12(16)11(8)15)18-13(20)10-3-1-2-7(6-19)17-10/h1-6H,(H,18,20). The number of rotatable bonds is 3. The number of aldehydes is 1. The number of aromatic nitrogens is 1. The molecule has 0 fully saturated rings. The Morgan fingerprint density at radius 1 is 1.10 bits per heavy atom. The van der Waals surface area contributed by atoms with E-state index in [-0.39, 0.29) is 11.4 Å². The van der Waals surface area contributed by atoms with Crippen molar-refractivity contribution in [1.82, 2.24) is 4.98 Å². The highest BCUT2D eigenvalue weighted by atomic mass is 19.2. The summed E-state index contributed by atoms with van der Waals surface area (Å²) in [6.07, 6.45) is 0.439. The zero-order valence-electron chi connectivity index (χ0n) is 9.86. The van der Waals surface area contributed by atoms with Crippen LogP contribution in [-0.2, 0) is 0 Å². The Kier molecular flexibility index (Phi) is 3.79. The second-order valence-corrected chi connectivity index (χ2v) is 3.74. The summed E-state index contributed by atoms with van der Waals surface area (Å²) in [6, 6.07) is 5.65. The second kappa shape index (κ2) is 5.52. The molecule has 0 spiro atoms. The normalized spacial score (nSPS) is 10.2. The second-order valence-electron chi connectivity index (χ2n) is 3.74. The van der Waals surface area contributed by atoms with Crippen LogP contribution in [0.15, 0.2) is 30.3 Å². The van der Waals surface area contributed by atoms with E-state index in [1.165, 1.54) is 18.2 Å². The summed E-state index contributed by atoms with van der Waals surface area (Å²) in [6.45, 7) is 0. The van der Waals surface area contributed by atoms with Crippen LogP contribution in [0.1, 0.15) is 21.0 Å². The predicted octanol–water partition coefficient (Wildman–Crippen LogP) is 2.56. The maximum Gasteiger partial charge on any atom is 0.274 e. The Morgan fingerprint density at radius 2 is 1.85 bits per heavy atom. The third-order valence-corrected chi connectivity index (χ3v) is 2.41. The molecule has 7 heteroatoms. The van der Waals surface area contributed by atoms with Gasteiger partial charge < -0.3 is 5.32 Å². The lowest BCUT2D eigenvalue weighted by Gasteiger charge is -2.07. The van der Waals surface area contributed by atoms with E-state index in [0.29, 0.717) is 12.4 Å². The quantitative estimate of drug-likeness (QED) is 0.694. The molecule has 1 amide bonds. The molecule has 1 heterocycles. The fraction of sp³-hybridized carbons (Fsp3) is 0. The van der Waals surface area contributed by atoms with Crippen molar-refractivity contribution in [3.05, 3.63) is 59.2 Å². The monoisotopic (exact) mass is 280 g/mol. The van der Waals surface area contributed by atoms with Crippen molar-refractivity contribution in [2.75, 3.05) is 5.32 Å². The summed E-state index contributed by atoms with van der Waals surface area (Å²) in [5, 5.41) is 2.05. The van der Waals surface area contributed by atoms with Crippen molar-refractivity contribution in [1.29, 1.82) is 0 Å². The molecule has 0 radical (unpaired) electrons. The van der Waals surface area contributed by atoms with Gasteiger partial charge in [0.1, 0.15) is 11.4 Å². The molecule has 1 aromatic heterocycles. The molecule has 2 aromatic rings. The van der Waals surface area contributed by atoms with Gasteiger partial charge in [-0.1, -0.05) is 6.07 Å². The van der Waals surface area contributed by atoms with E-state index < -0.39 is 29.0 Å². The van der Waals surface area contributed by atoms with Crippen LogP contribution >= 0.6 is 0 Å². The first-order valence-electron chi connectivity index (χ1n) is 5.40. The number of pyridine rings is 1. The third-order valence-electron chi connectivity index (χ3n) is 2.41. The summed E-state index contributed by atoms with van der Waals surface area (Å²) >= 11 is 0. The number of hydrogen-bond acceptors (Lipinski definition) is 3. The lowest BCUT2D eigenvalue weighted by molar-refractivity contribution is 0.102. The Bertz CT molecular complexity index is 689. The number of nitrogens with zero attached hydrogens (tertiary/aromatic N) is 1. The van der Waals surface area contributed by atoms with Crippen LogP contribution < -0.4 is 5.32 Å². The molecule has 2 rings (SSSR count). The SMILES string of the molecule is O=Cc1cccc(C(=O)Nc2ccc(F)c(F)c2F)n1. The van der Waals surface area contributed by atoms with Gasteiger partial charge in [-0.25, -0.2) is 18.2 Å². The molecule has 1 N–H and O–H groups in total. The molecule has 0 aliphatic rings. The first kappa shape index (κ1) is 13.7. The highest BCUT2D eigenvalue weighted by molar-refractivity contribution is 6.03. The maximum atomic E-state index is 13.4. The zero-order chi connectivity index (χ0) is 14.7. The first-order chi connectivity index (χ1) is 9.52. The average molecular weight is 280 g/mol. The van der Waals surface area contributed by atoms with Gasteiger partial charge >= 0.3 is 0 Å². The number of hydrogen-bond donors (Lipinski definition) is 1. The first-order valence-corrected chi connectivity index (χ1v) is 5.40. The van der Waals surface area contributed by atoms with Gasteiger partial charge in [0.05, 0.1) is 5.69 Å². The van der Waals surface area contributed by atoms with Crippen molar-refractivity contribution in [3.8, 4) is 0 Å². The van der Waals surface area contributed by atoms with Crippen molar-refractivity contribution in [2.24, 2.45) is 0 Å². The summed E-state index contributed by atoms with van der Waals surface area (Å²) < 4.78 is 39.1. The summed E-state index contributed by atoms with van der Waals surface area (Å²) in [4.78, 5) is 26.0. The fourth-order valence-corrected chi connectivity index (χ4v) is 1.45. The van der Waals surface area contributed by atoms with Crippen molar-refractivity contribution < 1.29 is 22.8 Å². The number of halogens is 3. The van der Waals surface area contributed by atoms with Crippen molar-refractivity contribution >= 4 is 17.9 Å². The molecular formula is C13H7F3N2O2. The Balaban J connectivity index is 2.28. The van der Waals surface area contributed by atoms with E-state index in [9.17, 15) is 22.8 Å². The smallest absolute Gasteiger partial charge is 0.274 e. The summed E-state index contributed by atoms with van der Waals surface area (Å²) in [5.74, 6) is -5.40. The van der Waals surface area contributed by atoms with Gasteiger partial charge in [0.25, 0.3) is 5.91 Å². The average Bonchev–Trinajstić information content (AvgIpc) is 2.48. The highest BCUT2D eigenvalue weighted by Crippen LogP contribution is 2.20. The molecule has 20 heavy (non-hydrogen) atoms. The van der Waals surface area contributed by atoms with E-state index in [0.717, 1.165) is 6.07 Å². The predicted molar refractivity (Wildman–Crippen MR) is 63.9 cm³/mol. The molecule has 102 valence electrons. The van der Waals surface area contributed by atoms with Gasteiger partial charge in [0.15, 0.2) is 23.7 Å². The summed E-state index contributed by atoms with van der Waals surface area (Å²) in [7, 11) is 0. The van der Waals surface area contributed by atoms with Crippen LogP contribution in [0.3, 0.4) is 0 Å². The minimum Gasteiger partial charge on any atom is -0.318 e. The number of nitrogens with one attached hydrogen (secondary N) is 1. The van der Waals surface area contributed by atoms with E-state index >= 15 is 0 Å². The van der Waals surface area contributed by atoms with E-state index in [4.69, 9.17) is 0 Å². The minimum atomic E-state index is -1.68. The summed E-state index contributed by atoms with van der Waals surface area (Å²) in [5.41, 5.74) is -0.658. The van der Waals surface area contributed by atoms with Crippen LogP contribution in [-0.4, -0.2) is 17.2 Å². The van der Waals surface area contributed by atoms with Gasteiger partial charge in [-0.2, -0.15) is 0 Å². The molecule has 0 aliphatic carbocycles.